The molecule has 0 unspecified atom stereocenters. The van der Waals surface area contributed by atoms with Gasteiger partial charge in [-0.1, -0.05) is 19.1 Å². The van der Waals surface area contributed by atoms with Crippen molar-refractivity contribution in [3.05, 3.63) is 51.2 Å². The molecule has 138 valence electrons. The second-order valence-electron chi connectivity index (χ2n) is 6.61. The number of fused-ring (bicyclic) bond motifs is 1. The number of nitrogens with one attached hydrogen (secondary N) is 1. The average molecular weight is 373 g/mol. The summed E-state index contributed by atoms with van der Waals surface area (Å²) < 4.78 is 10.3. The van der Waals surface area contributed by atoms with E-state index in [2.05, 4.69) is 12.2 Å². The lowest BCUT2D eigenvalue weighted by molar-refractivity contribution is -0.124. The summed E-state index contributed by atoms with van der Waals surface area (Å²) in [5, 5.41) is 2.74. The van der Waals surface area contributed by atoms with Gasteiger partial charge in [0.05, 0.1) is 7.11 Å². The largest absolute Gasteiger partial charge is 0.497 e. The van der Waals surface area contributed by atoms with E-state index in [9.17, 15) is 9.59 Å². The van der Waals surface area contributed by atoms with Crippen LogP contribution in [0.25, 0.3) is 0 Å². The fourth-order valence-electron chi connectivity index (χ4n) is 3.04. The minimum absolute atomic E-state index is 0.276. The van der Waals surface area contributed by atoms with Crippen molar-refractivity contribution in [2.45, 2.75) is 32.7 Å². The first-order valence-corrected chi connectivity index (χ1v) is 9.55. The zero-order valence-corrected chi connectivity index (χ0v) is 15.9. The lowest BCUT2D eigenvalue weighted by Crippen LogP contribution is -2.28. The summed E-state index contributed by atoms with van der Waals surface area (Å²) in [5.41, 5.74) is 2.17. The Labute approximate surface area is 157 Å². The normalized spacial score (nSPS) is 15.8. The predicted octanol–water partition coefficient (Wildman–Crippen LogP) is 3.35. The third-order valence-corrected chi connectivity index (χ3v) is 5.71. The number of thiophene rings is 1. The summed E-state index contributed by atoms with van der Waals surface area (Å²) in [6.07, 6.45) is 3.20. The summed E-state index contributed by atoms with van der Waals surface area (Å²) in [6.45, 7) is 2.31. The van der Waals surface area contributed by atoms with Gasteiger partial charge in [0.1, 0.15) is 10.6 Å². The number of hydrogen-bond acceptors (Lipinski definition) is 5. The van der Waals surface area contributed by atoms with E-state index in [1.807, 2.05) is 30.3 Å². The first-order chi connectivity index (χ1) is 12.5. The molecule has 3 rings (SSSR count). The number of esters is 1. The van der Waals surface area contributed by atoms with Crippen molar-refractivity contribution >= 4 is 23.2 Å². The van der Waals surface area contributed by atoms with Gasteiger partial charge in [-0.05, 0) is 54.5 Å². The quantitative estimate of drug-likeness (QED) is 0.789. The number of methoxy groups -OCH3 is 1. The van der Waals surface area contributed by atoms with E-state index in [0.29, 0.717) is 17.3 Å². The van der Waals surface area contributed by atoms with Crippen LogP contribution in [0.3, 0.4) is 0 Å². The molecule has 26 heavy (non-hydrogen) atoms. The number of ether oxygens (including phenoxy) is 2. The summed E-state index contributed by atoms with van der Waals surface area (Å²) in [5.74, 6) is 0.646. The van der Waals surface area contributed by atoms with Gasteiger partial charge in [-0.3, -0.25) is 4.79 Å². The van der Waals surface area contributed by atoms with E-state index in [1.165, 1.54) is 21.8 Å². The number of aryl methyl sites for hydroxylation is 1. The Morgan fingerprint density at radius 3 is 2.96 bits per heavy atom. The molecule has 1 aliphatic carbocycles. The van der Waals surface area contributed by atoms with Crippen LogP contribution in [0.4, 0.5) is 0 Å². The molecule has 1 aliphatic rings. The number of carbonyl (C=O) groups excluding carboxylic acids is 2. The van der Waals surface area contributed by atoms with Crippen molar-refractivity contribution in [3.8, 4) is 5.75 Å². The van der Waals surface area contributed by atoms with E-state index in [-0.39, 0.29) is 12.5 Å². The van der Waals surface area contributed by atoms with Gasteiger partial charge in [-0.2, -0.15) is 0 Å². The maximum atomic E-state index is 12.2. The minimum atomic E-state index is -0.423. The Morgan fingerprint density at radius 2 is 2.15 bits per heavy atom. The van der Waals surface area contributed by atoms with Crippen LogP contribution in [0.1, 0.15) is 39.0 Å². The molecule has 0 fully saturated rings. The van der Waals surface area contributed by atoms with Crippen LogP contribution in [-0.4, -0.2) is 25.6 Å². The smallest absolute Gasteiger partial charge is 0.348 e. The number of hydrogen-bond donors (Lipinski definition) is 1. The molecule has 6 heteroatoms. The van der Waals surface area contributed by atoms with E-state index in [0.717, 1.165) is 30.6 Å². The van der Waals surface area contributed by atoms with E-state index in [1.54, 1.807) is 7.11 Å². The predicted molar refractivity (Wildman–Crippen MR) is 101 cm³/mol. The summed E-state index contributed by atoms with van der Waals surface area (Å²) >= 11 is 1.49. The van der Waals surface area contributed by atoms with Crippen molar-refractivity contribution in [2.24, 2.45) is 5.92 Å². The van der Waals surface area contributed by atoms with Gasteiger partial charge in [0.2, 0.25) is 0 Å². The maximum Gasteiger partial charge on any atom is 0.348 e. The number of amides is 1. The lowest BCUT2D eigenvalue weighted by atomic mass is 9.90. The third kappa shape index (κ3) is 4.64. The highest BCUT2D eigenvalue weighted by atomic mass is 32.1. The molecule has 5 nitrogen and oxygen atoms in total. The summed E-state index contributed by atoms with van der Waals surface area (Å²) in [4.78, 5) is 26.0. The first kappa shape index (κ1) is 18.5. The summed E-state index contributed by atoms with van der Waals surface area (Å²) in [6, 6.07) is 9.37. The SMILES string of the molecule is COc1cccc(CNC(=O)COC(=O)c2cc3c(s2)CC[C@H](C)C3)c1. The number of carbonyl (C=O) groups is 2. The molecule has 1 aromatic heterocycles. The van der Waals surface area contributed by atoms with Gasteiger partial charge >= 0.3 is 5.97 Å². The Kier molecular flexibility index (Phi) is 5.93. The van der Waals surface area contributed by atoms with Crippen molar-refractivity contribution < 1.29 is 19.1 Å². The van der Waals surface area contributed by atoms with Crippen LogP contribution in [-0.2, 0) is 28.9 Å². The van der Waals surface area contributed by atoms with Gasteiger partial charge < -0.3 is 14.8 Å². The van der Waals surface area contributed by atoms with E-state index >= 15 is 0 Å². The second kappa shape index (κ2) is 8.36. The molecular weight excluding hydrogens is 350 g/mol. The zero-order valence-electron chi connectivity index (χ0n) is 15.0. The molecule has 0 radical (unpaired) electrons. The van der Waals surface area contributed by atoms with Gasteiger partial charge in [0.15, 0.2) is 6.61 Å². The van der Waals surface area contributed by atoms with Crippen LogP contribution >= 0.6 is 11.3 Å². The zero-order chi connectivity index (χ0) is 18.5. The van der Waals surface area contributed by atoms with Crippen LogP contribution in [0.5, 0.6) is 5.75 Å². The lowest BCUT2D eigenvalue weighted by Gasteiger charge is -2.16. The van der Waals surface area contributed by atoms with Crippen LogP contribution in [0.15, 0.2) is 30.3 Å². The molecule has 0 saturated heterocycles. The molecule has 0 bridgehead atoms. The van der Waals surface area contributed by atoms with Crippen LogP contribution in [0.2, 0.25) is 0 Å². The Morgan fingerprint density at radius 1 is 1.31 bits per heavy atom. The maximum absolute atomic E-state index is 12.2. The highest BCUT2D eigenvalue weighted by Crippen LogP contribution is 2.32. The number of rotatable bonds is 6. The Bertz CT molecular complexity index is 799. The molecule has 1 heterocycles. The molecule has 1 atom stereocenters. The highest BCUT2D eigenvalue weighted by molar-refractivity contribution is 7.14. The number of benzene rings is 1. The monoisotopic (exact) mass is 373 g/mol. The average Bonchev–Trinajstić information content (AvgIpc) is 3.07. The fourth-order valence-corrected chi connectivity index (χ4v) is 4.14. The topological polar surface area (TPSA) is 64.6 Å². The van der Waals surface area contributed by atoms with Gasteiger partial charge in [0, 0.05) is 11.4 Å². The standard InChI is InChI=1S/C20H23NO4S/c1-13-6-7-17-15(8-13)10-18(26-17)20(23)25-12-19(22)21-11-14-4-3-5-16(9-14)24-2/h3-5,9-10,13H,6-8,11-12H2,1-2H3,(H,21,22)/t13-/m0/s1. The molecule has 1 N–H and O–H groups in total. The second-order valence-corrected chi connectivity index (χ2v) is 7.75. The molecule has 0 aliphatic heterocycles. The minimum Gasteiger partial charge on any atom is -0.497 e. The highest BCUT2D eigenvalue weighted by Gasteiger charge is 2.21. The van der Waals surface area contributed by atoms with E-state index in [4.69, 9.17) is 9.47 Å². The van der Waals surface area contributed by atoms with Crippen LogP contribution < -0.4 is 10.1 Å². The Hall–Kier alpha value is -2.34. The Balaban J connectivity index is 1.47. The van der Waals surface area contributed by atoms with Crippen molar-refractivity contribution in [1.29, 1.82) is 0 Å². The molecule has 1 aromatic carbocycles. The fraction of sp³-hybridized carbons (Fsp3) is 0.400. The van der Waals surface area contributed by atoms with Gasteiger partial charge in [0.25, 0.3) is 5.91 Å². The van der Waals surface area contributed by atoms with Crippen LogP contribution in [0, 0.1) is 5.92 Å². The van der Waals surface area contributed by atoms with Gasteiger partial charge in [-0.25, -0.2) is 4.79 Å². The van der Waals surface area contributed by atoms with Gasteiger partial charge in [-0.15, -0.1) is 11.3 Å². The first-order valence-electron chi connectivity index (χ1n) is 8.73. The molecular formula is C20H23NO4S. The molecule has 1 amide bonds. The van der Waals surface area contributed by atoms with Crippen molar-refractivity contribution in [2.75, 3.05) is 13.7 Å². The van der Waals surface area contributed by atoms with E-state index < -0.39 is 5.97 Å². The summed E-state index contributed by atoms with van der Waals surface area (Å²) in [7, 11) is 1.60. The van der Waals surface area contributed by atoms with Crippen molar-refractivity contribution in [1.82, 2.24) is 5.32 Å². The molecule has 0 spiro atoms. The third-order valence-electron chi connectivity index (χ3n) is 4.49. The molecule has 0 saturated carbocycles. The van der Waals surface area contributed by atoms with Crippen molar-refractivity contribution in [3.63, 3.8) is 0 Å². The molecule has 2 aromatic rings.